The number of nitrogens with two attached hydrogens (primary N) is 1. The van der Waals surface area contributed by atoms with Crippen molar-refractivity contribution < 1.29 is 5.11 Å². The molecule has 1 aromatic rings. The number of halogens is 2. The van der Waals surface area contributed by atoms with Gasteiger partial charge < -0.3 is 15.7 Å². The second-order valence-electron chi connectivity index (χ2n) is 4.91. The molecule has 0 aliphatic carbocycles. The van der Waals surface area contributed by atoms with Gasteiger partial charge in [-0.1, -0.05) is 30.3 Å². The monoisotopic (exact) mass is 306 g/mol. The summed E-state index contributed by atoms with van der Waals surface area (Å²) in [6, 6.07) is 9.88. The number of hydrogen-bond acceptors (Lipinski definition) is 3. The van der Waals surface area contributed by atoms with Crippen LogP contribution in [0.5, 0.6) is 0 Å². The quantitative estimate of drug-likeness (QED) is 0.897. The molecule has 0 radical (unpaired) electrons. The van der Waals surface area contributed by atoms with Gasteiger partial charge in [0.25, 0.3) is 0 Å². The van der Waals surface area contributed by atoms with Crippen LogP contribution in [0.25, 0.3) is 0 Å². The molecule has 3 N–H and O–H groups in total. The predicted octanol–water partition coefficient (Wildman–Crippen LogP) is 2.23. The molecule has 3 nitrogen and oxygen atoms in total. The number of β-amino-alcohol motifs (C(OH)–C–C–N with tert-alkyl or cyclic N) is 1. The summed E-state index contributed by atoms with van der Waals surface area (Å²) in [5, 5.41) is 10.1. The maximum absolute atomic E-state index is 10.1. The molecule has 0 amide bonds. The number of aliphatic hydroxyl groups is 1. The van der Waals surface area contributed by atoms with Gasteiger partial charge in [0, 0.05) is 6.54 Å². The van der Waals surface area contributed by atoms with Gasteiger partial charge in [-0.15, -0.1) is 24.8 Å². The fourth-order valence-corrected chi connectivity index (χ4v) is 2.43. The van der Waals surface area contributed by atoms with Crippen molar-refractivity contribution in [2.24, 2.45) is 11.7 Å². The smallest absolute Gasteiger partial charge is 0.0916 e. The lowest BCUT2D eigenvalue weighted by molar-refractivity contribution is 0.0904. The van der Waals surface area contributed by atoms with Crippen LogP contribution >= 0.6 is 24.8 Å². The van der Waals surface area contributed by atoms with Gasteiger partial charge in [-0.3, -0.25) is 0 Å². The molecular formula is C14H24Cl2N2O. The first-order chi connectivity index (χ1) is 8.29. The van der Waals surface area contributed by atoms with Gasteiger partial charge in [0.2, 0.25) is 0 Å². The lowest BCUT2D eigenvalue weighted by Gasteiger charge is -2.32. The molecule has 1 aliphatic rings. The third kappa shape index (κ3) is 5.67. The SMILES string of the molecule is Cl.Cl.NCC1CCN(CC(O)c2ccccc2)CC1. The van der Waals surface area contributed by atoms with Crippen molar-refractivity contribution in [3.05, 3.63) is 35.9 Å². The molecule has 1 saturated heterocycles. The van der Waals surface area contributed by atoms with Crippen LogP contribution in [0.3, 0.4) is 0 Å². The zero-order valence-corrected chi connectivity index (χ0v) is 12.7. The number of nitrogens with zero attached hydrogens (tertiary/aromatic N) is 1. The van der Waals surface area contributed by atoms with Crippen LogP contribution in [0.4, 0.5) is 0 Å². The van der Waals surface area contributed by atoms with Crippen molar-refractivity contribution in [3.8, 4) is 0 Å². The van der Waals surface area contributed by atoms with Crippen LogP contribution in [-0.4, -0.2) is 36.2 Å². The number of hydrogen-bond donors (Lipinski definition) is 2. The zero-order valence-electron chi connectivity index (χ0n) is 11.1. The lowest BCUT2D eigenvalue weighted by Crippen LogP contribution is -2.38. The number of benzene rings is 1. The van der Waals surface area contributed by atoms with Crippen molar-refractivity contribution in [1.29, 1.82) is 0 Å². The van der Waals surface area contributed by atoms with Crippen molar-refractivity contribution in [1.82, 2.24) is 4.90 Å². The van der Waals surface area contributed by atoms with E-state index < -0.39 is 0 Å². The highest BCUT2D eigenvalue weighted by atomic mass is 35.5. The maximum Gasteiger partial charge on any atom is 0.0916 e. The Morgan fingerprint density at radius 2 is 1.74 bits per heavy atom. The first kappa shape index (κ1) is 18.7. The Hall–Kier alpha value is -0.320. The van der Waals surface area contributed by atoms with Crippen molar-refractivity contribution in [2.75, 3.05) is 26.2 Å². The van der Waals surface area contributed by atoms with Crippen molar-refractivity contribution in [3.63, 3.8) is 0 Å². The molecule has 1 unspecified atom stereocenters. The van der Waals surface area contributed by atoms with Crippen LogP contribution in [0, 0.1) is 5.92 Å². The molecule has 1 atom stereocenters. The van der Waals surface area contributed by atoms with Gasteiger partial charge in [0.15, 0.2) is 0 Å². The number of piperidine rings is 1. The van der Waals surface area contributed by atoms with Gasteiger partial charge in [0.05, 0.1) is 6.10 Å². The average Bonchev–Trinajstić information content (AvgIpc) is 2.40. The second kappa shape index (κ2) is 9.56. The van der Waals surface area contributed by atoms with Crippen LogP contribution in [0.15, 0.2) is 30.3 Å². The minimum Gasteiger partial charge on any atom is -0.387 e. The van der Waals surface area contributed by atoms with E-state index in [0.29, 0.717) is 5.92 Å². The summed E-state index contributed by atoms with van der Waals surface area (Å²) >= 11 is 0. The van der Waals surface area contributed by atoms with Gasteiger partial charge in [-0.05, 0) is 44.0 Å². The number of rotatable bonds is 4. The second-order valence-corrected chi connectivity index (χ2v) is 4.91. The third-order valence-corrected chi connectivity index (χ3v) is 3.66. The molecule has 1 aromatic carbocycles. The summed E-state index contributed by atoms with van der Waals surface area (Å²) < 4.78 is 0. The van der Waals surface area contributed by atoms with Crippen LogP contribution in [-0.2, 0) is 0 Å². The highest BCUT2D eigenvalue weighted by Gasteiger charge is 2.20. The fourth-order valence-electron chi connectivity index (χ4n) is 2.43. The summed E-state index contributed by atoms with van der Waals surface area (Å²) in [7, 11) is 0. The van der Waals surface area contributed by atoms with Gasteiger partial charge in [-0.2, -0.15) is 0 Å². The number of likely N-dealkylation sites (tertiary alicyclic amines) is 1. The molecule has 2 rings (SSSR count). The predicted molar refractivity (Wildman–Crippen MR) is 84.1 cm³/mol. The Morgan fingerprint density at radius 3 is 2.26 bits per heavy atom. The van der Waals surface area contributed by atoms with Gasteiger partial charge in [0.1, 0.15) is 0 Å². The van der Waals surface area contributed by atoms with E-state index in [4.69, 9.17) is 5.73 Å². The van der Waals surface area contributed by atoms with E-state index in [2.05, 4.69) is 4.90 Å². The lowest BCUT2D eigenvalue weighted by atomic mass is 9.96. The highest BCUT2D eigenvalue weighted by molar-refractivity contribution is 5.85. The van der Waals surface area contributed by atoms with Crippen LogP contribution in [0.2, 0.25) is 0 Å². The summed E-state index contributed by atoms with van der Waals surface area (Å²) in [4.78, 5) is 2.34. The largest absolute Gasteiger partial charge is 0.387 e. The summed E-state index contributed by atoms with van der Waals surface area (Å²) in [5.41, 5.74) is 6.68. The van der Waals surface area contributed by atoms with E-state index in [-0.39, 0.29) is 30.9 Å². The normalized spacial score (nSPS) is 18.2. The number of aliphatic hydroxyl groups excluding tert-OH is 1. The van der Waals surface area contributed by atoms with Crippen molar-refractivity contribution in [2.45, 2.75) is 18.9 Å². The molecular weight excluding hydrogens is 283 g/mol. The van der Waals surface area contributed by atoms with E-state index >= 15 is 0 Å². The first-order valence-electron chi connectivity index (χ1n) is 6.45. The minimum absolute atomic E-state index is 0. The van der Waals surface area contributed by atoms with E-state index in [9.17, 15) is 5.11 Å². The average molecular weight is 307 g/mol. The third-order valence-electron chi connectivity index (χ3n) is 3.66. The van der Waals surface area contributed by atoms with Gasteiger partial charge >= 0.3 is 0 Å². The summed E-state index contributed by atoms with van der Waals surface area (Å²) in [5.74, 6) is 0.681. The fraction of sp³-hybridized carbons (Fsp3) is 0.571. The van der Waals surface area contributed by atoms with E-state index in [1.807, 2.05) is 30.3 Å². The van der Waals surface area contributed by atoms with Crippen molar-refractivity contribution >= 4 is 24.8 Å². The topological polar surface area (TPSA) is 49.5 Å². The molecule has 1 fully saturated rings. The maximum atomic E-state index is 10.1. The first-order valence-corrected chi connectivity index (χ1v) is 6.45. The Balaban J connectivity index is 0.00000162. The molecule has 5 heteroatoms. The molecule has 0 saturated carbocycles. The molecule has 0 bridgehead atoms. The Morgan fingerprint density at radius 1 is 1.16 bits per heavy atom. The standard InChI is InChI=1S/C14H22N2O.2ClH/c15-10-12-6-8-16(9-7-12)11-14(17)13-4-2-1-3-5-13;;/h1-5,12,14,17H,6-11,15H2;2*1H. The summed E-state index contributed by atoms with van der Waals surface area (Å²) in [6.45, 7) is 3.66. The highest BCUT2D eigenvalue weighted by Crippen LogP contribution is 2.19. The Labute approximate surface area is 128 Å². The van der Waals surface area contributed by atoms with E-state index in [1.54, 1.807) is 0 Å². The molecule has 0 aromatic heterocycles. The van der Waals surface area contributed by atoms with Crippen LogP contribution < -0.4 is 5.73 Å². The Bertz CT molecular complexity index is 329. The van der Waals surface area contributed by atoms with E-state index in [1.165, 1.54) is 0 Å². The zero-order chi connectivity index (χ0) is 12.1. The molecule has 110 valence electrons. The van der Waals surface area contributed by atoms with Gasteiger partial charge in [-0.25, -0.2) is 0 Å². The molecule has 1 heterocycles. The minimum atomic E-state index is -0.370. The molecule has 19 heavy (non-hydrogen) atoms. The van der Waals surface area contributed by atoms with Crippen LogP contribution in [0.1, 0.15) is 24.5 Å². The summed E-state index contributed by atoms with van der Waals surface area (Å²) in [6.07, 6.45) is 1.96. The Kier molecular flexibility index (Phi) is 9.40. The van der Waals surface area contributed by atoms with E-state index in [0.717, 1.165) is 44.6 Å². The molecule has 0 spiro atoms. The molecule has 1 aliphatic heterocycles.